The van der Waals surface area contributed by atoms with E-state index in [1.54, 1.807) is 12.1 Å². The predicted octanol–water partition coefficient (Wildman–Crippen LogP) is 4.51. The lowest BCUT2D eigenvalue weighted by atomic mass is 9.96. The highest BCUT2D eigenvalue weighted by Crippen LogP contribution is 2.34. The summed E-state index contributed by atoms with van der Waals surface area (Å²) in [6, 6.07) is 18.3. The Morgan fingerprint density at radius 2 is 1.97 bits per heavy atom. The minimum absolute atomic E-state index is 0.0207. The Kier molecular flexibility index (Phi) is 6.28. The molecular formula is C25H25FN2O3. The first kappa shape index (κ1) is 21.0. The molecule has 1 amide bonds. The van der Waals surface area contributed by atoms with Crippen LogP contribution in [0.15, 0.2) is 60.7 Å². The summed E-state index contributed by atoms with van der Waals surface area (Å²) < 4.78 is 21.0. The summed E-state index contributed by atoms with van der Waals surface area (Å²) in [5.41, 5.74) is 3.41. The molecule has 3 aromatic rings. The van der Waals surface area contributed by atoms with E-state index in [0.29, 0.717) is 36.6 Å². The first-order valence-corrected chi connectivity index (χ1v) is 10.4. The smallest absolute Gasteiger partial charge is 0.227 e. The van der Waals surface area contributed by atoms with Crippen LogP contribution in [0.4, 0.5) is 10.1 Å². The van der Waals surface area contributed by atoms with E-state index in [-0.39, 0.29) is 30.5 Å². The number of hydrogen-bond donors (Lipinski definition) is 1. The van der Waals surface area contributed by atoms with Gasteiger partial charge < -0.3 is 14.7 Å². The second-order valence-electron chi connectivity index (χ2n) is 7.83. The molecule has 1 unspecified atom stereocenters. The molecular weight excluding hydrogens is 395 g/mol. The Morgan fingerprint density at radius 1 is 1.16 bits per heavy atom. The maximum absolute atomic E-state index is 15.0. The zero-order chi connectivity index (χ0) is 21.8. The molecule has 4 rings (SSSR count). The Morgan fingerprint density at radius 3 is 2.68 bits per heavy atom. The highest BCUT2D eigenvalue weighted by Gasteiger charge is 2.28. The van der Waals surface area contributed by atoms with E-state index in [1.165, 1.54) is 11.0 Å². The van der Waals surface area contributed by atoms with Gasteiger partial charge in [-0.25, -0.2) is 9.37 Å². The molecule has 1 N–H and O–H groups in total. The highest BCUT2D eigenvalue weighted by atomic mass is 19.1. The number of halogens is 1. The summed E-state index contributed by atoms with van der Waals surface area (Å²) in [7, 11) is 0. The van der Waals surface area contributed by atoms with Gasteiger partial charge in [0.1, 0.15) is 12.4 Å². The molecule has 6 heteroatoms. The van der Waals surface area contributed by atoms with Gasteiger partial charge in [0, 0.05) is 30.8 Å². The lowest BCUT2D eigenvalue weighted by molar-refractivity contribution is -0.121. The van der Waals surface area contributed by atoms with Crippen LogP contribution in [0.5, 0.6) is 5.88 Å². The van der Waals surface area contributed by atoms with E-state index in [9.17, 15) is 9.90 Å². The third-order valence-electron chi connectivity index (χ3n) is 5.55. The maximum Gasteiger partial charge on any atom is 0.227 e. The molecule has 1 aliphatic heterocycles. The van der Waals surface area contributed by atoms with Crippen LogP contribution in [0.25, 0.3) is 11.1 Å². The number of hydrogen-bond acceptors (Lipinski definition) is 4. The van der Waals surface area contributed by atoms with Gasteiger partial charge in [-0.3, -0.25) is 4.79 Å². The molecule has 1 aromatic heterocycles. The van der Waals surface area contributed by atoms with Crippen LogP contribution < -0.4 is 9.64 Å². The minimum Gasteiger partial charge on any atom is -0.472 e. The minimum atomic E-state index is -0.470. The number of pyridine rings is 1. The number of rotatable bonds is 6. The van der Waals surface area contributed by atoms with E-state index in [4.69, 9.17) is 4.74 Å². The maximum atomic E-state index is 15.0. The average molecular weight is 420 g/mol. The first-order chi connectivity index (χ1) is 15.0. The molecule has 1 atom stereocenters. The summed E-state index contributed by atoms with van der Waals surface area (Å²) in [5, 5.41) is 9.28. The second-order valence-corrected chi connectivity index (χ2v) is 7.83. The number of ether oxygens (including phenoxy) is 1. The van der Waals surface area contributed by atoms with E-state index in [2.05, 4.69) is 4.98 Å². The molecule has 31 heavy (non-hydrogen) atoms. The molecule has 1 aliphatic rings. The number of benzene rings is 2. The van der Waals surface area contributed by atoms with Crippen molar-refractivity contribution >= 4 is 11.6 Å². The Labute approximate surface area is 181 Å². The topological polar surface area (TPSA) is 62.7 Å². The number of nitrogens with zero attached hydrogens (tertiary/aromatic N) is 2. The van der Waals surface area contributed by atoms with Crippen molar-refractivity contribution in [3.63, 3.8) is 0 Å². The number of piperidine rings is 1. The van der Waals surface area contributed by atoms with E-state index in [1.807, 2.05) is 49.4 Å². The number of aliphatic hydroxyl groups is 1. The number of carbonyl (C=O) groups is 1. The molecule has 2 aromatic carbocycles. The van der Waals surface area contributed by atoms with Gasteiger partial charge in [-0.05, 0) is 54.7 Å². The van der Waals surface area contributed by atoms with Crippen LogP contribution in [0.3, 0.4) is 0 Å². The summed E-state index contributed by atoms with van der Waals surface area (Å²) in [4.78, 5) is 18.4. The second kappa shape index (κ2) is 9.27. The van der Waals surface area contributed by atoms with Crippen LogP contribution in [0.1, 0.15) is 24.1 Å². The number of aromatic nitrogens is 1. The average Bonchev–Trinajstić information content (AvgIpc) is 2.78. The molecule has 0 aliphatic carbocycles. The SMILES string of the molecule is Cc1ccc(-c2ccc(N3CCC(CO)CC3=O)c(F)c2)c(OCc2ccccc2)n1. The zero-order valence-electron chi connectivity index (χ0n) is 17.4. The third-order valence-corrected chi connectivity index (χ3v) is 5.55. The largest absolute Gasteiger partial charge is 0.472 e. The highest BCUT2D eigenvalue weighted by molar-refractivity contribution is 5.94. The molecule has 0 radical (unpaired) electrons. The van der Waals surface area contributed by atoms with Crippen LogP contribution >= 0.6 is 0 Å². The zero-order valence-corrected chi connectivity index (χ0v) is 17.4. The number of aryl methyl sites for hydroxylation is 1. The summed E-state index contributed by atoms with van der Waals surface area (Å²) in [5.74, 6) is -0.242. The summed E-state index contributed by atoms with van der Waals surface area (Å²) in [6.07, 6.45) is 0.889. The van der Waals surface area contributed by atoms with Crippen LogP contribution in [-0.2, 0) is 11.4 Å². The number of aliphatic hydroxyl groups excluding tert-OH is 1. The first-order valence-electron chi connectivity index (χ1n) is 10.4. The van der Waals surface area contributed by atoms with Gasteiger partial charge in [0.05, 0.1) is 5.69 Å². The van der Waals surface area contributed by atoms with Gasteiger partial charge in [0.25, 0.3) is 0 Å². The number of amides is 1. The number of anilines is 1. The molecule has 5 nitrogen and oxygen atoms in total. The van der Waals surface area contributed by atoms with Crippen LogP contribution in [-0.4, -0.2) is 29.1 Å². The monoisotopic (exact) mass is 420 g/mol. The Hall–Kier alpha value is -3.25. The van der Waals surface area contributed by atoms with Crippen molar-refractivity contribution in [2.24, 2.45) is 5.92 Å². The van der Waals surface area contributed by atoms with Gasteiger partial charge in [-0.15, -0.1) is 0 Å². The molecule has 1 fully saturated rings. The van der Waals surface area contributed by atoms with Crippen molar-refractivity contribution in [2.75, 3.05) is 18.1 Å². The lowest BCUT2D eigenvalue weighted by Crippen LogP contribution is -2.40. The molecule has 1 saturated heterocycles. The Bertz CT molecular complexity index is 1070. The van der Waals surface area contributed by atoms with Crippen molar-refractivity contribution in [1.82, 2.24) is 4.98 Å². The summed E-state index contributed by atoms with van der Waals surface area (Å²) in [6.45, 7) is 2.62. The Balaban J connectivity index is 1.59. The molecule has 0 spiro atoms. The van der Waals surface area contributed by atoms with E-state index in [0.717, 1.165) is 11.3 Å². The van der Waals surface area contributed by atoms with Crippen LogP contribution in [0, 0.1) is 18.7 Å². The van der Waals surface area contributed by atoms with Gasteiger partial charge in [0.2, 0.25) is 11.8 Å². The standard InChI is InChI=1S/C25H25FN2O3/c1-17-7-9-21(25(27-17)31-16-18-5-3-2-4-6-18)20-8-10-23(22(26)14-20)28-12-11-19(15-29)13-24(28)30/h2-10,14,19,29H,11-13,15-16H2,1H3. The van der Waals surface area contributed by atoms with E-state index < -0.39 is 5.82 Å². The molecule has 160 valence electrons. The van der Waals surface area contributed by atoms with Gasteiger partial charge in [-0.1, -0.05) is 36.4 Å². The third kappa shape index (κ3) is 4.75. The van der Waals surface area contributed by atoms with Crippen molar-refractivity contribution in [3.05, 3.63) is 77.7 Å². The van der Waals surface area contributed by atoms with Crippen LogP contribution in [0.2, 0.25) is 0 Å². The van der Waals surface area contributed by atoms with Crippen molar-refractivity contribution in [1.29, 1.82) is 0 Å². The fraction of sp³-hybridized carbons (Fsp3) is 0.280. The van der Waals surface area contributed by atoms with E-state index >= 15 is 4.39 Å². The fourth-order valence-electron chi connectivity index (χ4n) is 3.79. The number of carbonyl (C=O) groups excluding carboxylic acids is 1. The van der Waals surface area contributed by atoms with Gasteiger partial charge in [-0.2, -0.15) is 0 Å². The molecule has 0 saturated carbocycles. The predicted molar refractivity (Wildman–Crippen MR) is 117 cm³/mol. The van der Waals surface area contributed by atoms with Gasteiger partial charge >= 0.3 is 0 Å². The summed E-state index contributed by atoms with van der Waals surface area (Å²) >= 11 is 0. The molecule has 0 bridgehead atoms. The fourth-order valence-corrected chi connectivity index (χ4v) is 3.79. The quantitative estimate of drug-likeness (QED) is 0.637. The van der Waals surface area contributed by atoms with Crippen molar-refractivity contribution < 1.29 is 19.0 Å². The molecule has 2 heterocycles. The lowest BCUT2D eigenvalue weighted by Gasteiger charge is -2.31. The normalized spacial score (nSPS) is 16.4. The van der Waals surface area contributed by atoms with Crippen molar-refractivity contribution in [2.45, 2.75) is 26.4 Å². The van der Waals surface area contributed by atoms with Gasteiger partial charge in [0.15, 0.2) is 0 Å². The van der Waals surface area contributed by atoms with Crippen molar-refractivity contribution in [3.8, 4) is 17.0 Å².